The summed E-state index contributed by atoms with van der Waals surface area (Å²) in [4.78, 5) is 11.9. The lowest BCUT2D eigenvalue weighted by molar-refractivity contribution is 0.102. The summed E-state index contributed by atoms with van der Waals surface area (Å²) in [6.45, 7) is 0. The predicted molar refractivity (Wildman–Crippen MR) is 75.2 cm³/mol. The third-order valence-electron chi connectivity index (χ3n) is 2.52. The van der Waals surface area contributed by atoms with E-state index >= 15 is 0 Å². The SMILES string of the molecule is Nc1cc(Cl)ccc1NC(=O)c1cc(F)c(Cl)cc1F. The third kappa shape index (κ3) is 3.00. The maximum absolute atomic E-state index is 13.6. The van der Waals surface area contributed by atoms with Gasteiger partial charge in [0, 0.05) is 5.02 Å². The van der Waals surface area contributed by atoms with E-state index < -0.39 is 28.1 Å². The summed E-state index contributed by atoms with van der Waals surface area (Å²) in [5, 5.41) is 2.36. The van der Waals surface area contributed by atoms with Crippen LogP contribution in [-0.2, 0) is 0 Å². The number of hydrogen-bond acceptors (Lipinski definition) is 2. The monoisotopic (exact) mass is 316 g/mol. The number of rotatable bonds is 2. The largest absolute Gasteiger partial charge is 0.397 e. The van der Waals surface area contributed by atoms with Crippen molar-refractivity contribution in [3.05, 3.63) is 57.6 Å². The molecule has 2 aromatic rings. The van der Waals surface area contributed by atoms with E-state index in [9.17, 15) is 13.6 Å². The van der Waals surface area contributed by atoms with E-state index in [0.717, 1.165) is 12.1 Å². The normalized spacial score (nSPS) is 10.4. The van der Waals surface area contributed by atoms with Crippen LogP contribution in [-0.4, -0.2) is 5.91 Å². The summed E-state index contributed by atoms with van der Waals surface area (Å²) in [5.41, 5.74) is 5.63. The molecule has 0 aliphatic heterocycles. The van der Waals surface area contributed by atoms with Crippen LogP contribution in [0.3, 0.4) is 0 Å². The number of hydrogen-bond donors (Lipinski definition) is 2. The molecular weight excluding hydrogens is 309 g/mol. The van der Waals surface area contributed by atoms with Crippen molar-refractivity contribution in [1.82, 2.24) is 0 Å². The Morgan fingerprint density at radius 2 is 1.80 bits per heavy atom. The first-order valence-electron chi connectivity index (χ1n) is 5.39. The Morgan fingerprint density at radius 3 is 2.45 bits per heavy atom. The molecule has 0 unspecified atom stereocenters. The first kappa shape index (κ1) is 14.6. The fourth-order valence-electron chi connectivity index (χ4n) is 1.53. The van der Waals surface area contributed by atoms with Crippen molar-refractivity contribution in [3.8, 4) is 0 Å². The van der Waals surface area contributed by atoms with E-state index in [-0.39, 0.29) is 11.4 Å². The molecule has 0 spiro atoms. The molecule has 0 saturated heterocycles. The molecule has 3 N–H and O–H groups in total. The molecule has 0 aliphatic rings. The first-order chi connectivity index (χ1) is 9.38. The van der Waals surface area contributed by atoms with Crippen LogP contribution in [0, 0.1) is 11.6 Å². The van der Waals surface area contributed by atoms with E-state index in [0.29, 0.717) is 5.02 Å². The van der Waals surface area contributed by atoms with Gasteiger partial charge in [-0.05, 0) is 30.3 Å². The number of anilines is 2. The van der Waals surface area contributed by atoms with Crippen LogP contribution >= 0.6 is 23.2 Å². The summed E-state index contributed by atoms with van der Waals surface area (Å²) >= 11 is 11.1. The standard InChI is InChI=1S/C13H8Cl2F2N2O/c14-6-1-2-12(11(18)3-6)19-13(20)7-4-10(17)8(15)5-9(7)16/h1-5H,18H2,(H,19,20). The molecule has 104 valence electrons. The minimum atomic E-state index is -0.929. The molecule has 0 atom stereocenters. The van der Waals surface area contributed by atoms with Crippen LogP contribution in [0.2, 0.25) is 10.0 Å². The van der Waals surface area contributed by atoms with E-state index in [1.165, 1.54) is 18.2 Å². The van der Waals surface area contributed by atoms with E-state index in [2.05, 4.69) is 5.32 Å². The average molecular weight is 317 g/mol. The molecule has 0 aliphatic carbocycles. The van der Waals surface area contributed by atoms with E-state index in [1.54, 1.807) is 0 Å². The van der Waals surface area contributed by atoms with Gasteiger partial charge in [-0.2, -0.15) is 0 Å². The quantitative estimate of drug-likeness (QED) is 0.647. The van der Waals surface area contributed by atoms with Gasteiger partial charge >= 0.3 is 0 Å². The molecule has 2 rings (SSSR count). The van der Waals surface area contributed by atoms with Crippen molar-refractivity contribution in [3.63, 3.8) is 0 Å². The van der Waals surface area contributed by atoms with Gasteiger partial charge in [0.2, 0.25) is 0 Å². The van der Waals surface area contributed by atoms with Gasteiger partial charge in [-0.3, -0.25) is 4.79 Å². The van der Waals surface area contributed by atoms with Gasteiger partial charge in [0.1, 0.15) is 11.6 Å². The molecule has 0 fully saturated rings. The first-order valence-corrected chi connectivity index (χ1v) is 6.15. The highest BCUT2D eigenvalue weighted by molar-refractivity contribution is 6.31. The molecule has 20 heavy (non-hydrogen) atoms. The number of nitrogen functional groups attached to an aromatic ring is 1. The molecule has 0 heterocycles. The lowest BCUT2D eigenvalue weighted by Gasteiger charge is -2.09. The fourth-order valence-corrected chi connectivity index (χ4v) is 1.86. The average Bonchev–Trinajstić information content (AvgIpc) is 2.37. The summed E-state index contributed by atoms with van der Waals surface area (Å²) in [7, 11) is 0. The highest BCUT2D eigenvalue weighted by Gasteiger charge is 2.16. The summed E-state index contributed by atoms with van der Waals surface area (Å²) in [6.07, 6.45) is 0. The Labute approximate surface area is 123 Å². The predicted octanol–water partition coefficient (Wildman–Crippen LogP) is 4.11. The zero-order chi connectivity index (χ0) is 14.9. The number of amides is 1. The summed E-state index contributed by atoms with van der Waals surface area (Å²) in [5.74, 6) is -2.66. The topological polar surface area (TPSA) is 55.1 Å². The van der Waals surface area contributed by atoms with Crippen LogP contribution in [0.25, 0.3) is 0 Å². The number of carbonyl (C=O) groups is 1. The van der Waals surface area contributed by atoms with Crippen LogP contribution in [0.5, 0.6) is 0 Å². The van der Waals surface area contributed by atoms with Gasteiger partial charge in [0.15, 0.2) is 0 Å². The van der Waals surface area contributed by atoms with Gasteiger partial charge in [-0.15, -0.1) is 0 Å². The maximum atomic E-state index is 13.6. The summed E-state index contributed by atoms with van der Waals surface area (Å²) < 4.78 is 26.9. The molecule has 0 saturated carbocycles. The highest BCUT2D eigenvalue weighted by Crippen LogP contribution is 2.24. The second-order valence-corrected chi connectivity index (χ2v) is 4.78. The number of nitrogens with one attached hydrogen (secondary N) is 1. The second kappa shape index (κ2) is 5.64. The minimum absolute atomic E-state index is 0.209. The van der Waals surface area contributed by atoms with Gasteiger partial charge < -0.3 is 11.1 Å². The minimum Gasteiger partial charge on any atom is -0.397 e. The second-order valence-electron chi connectivity index (χ2n) is 3.93. The maximum Gasteiger partial charge on any atom is 0.258 e. The van der Waals surface area contributed by atoms with Crippen molar-refractivity contribution in [2.75, 3.05) is 11.1 Å². The van der Waals surface area contributed by atoms with Gasteiger partial charge in [-0.25, -0.2) is 8.78 Å². The van der Waals surface area contributed by atoms with E-state index in [4.69, 9.17) is 28.9 Å². The smallest absolute Gasteiger partial charge is 0.258 e. The van der Waals surface area contributed by atoms with Crippen LogP contribution in [0.15, 0.2) is 30.3 Å². The Hall–Kier alpha value is -1.85. The van der Waals surface area contributed by atoms with Crippen LogP contribution < -0.4 is 11.1 Å². The van der Waals surface area contributed by atoms with Crippen molar-refractivity contribution in [2.45, 2.75) is 0 Å². The molecule has 0 radical (unpaired) electrons. The molecule has 1 amide bonds. The van der Waals surface area contributed by atoms with Crippen LogP contribution in [0.1, 0.15) is 10.4 Å². The molecule has 7 heteroatoms. The molecule has 0 bridgehead atoms. The van der Waals surface area contributed by atoms with Gasteiger partial charge in [0.25, 0.3) is 5.91 Å². The van der Waals surface area contributed by atoms with Crippen molar-refractivity contribution in [1.29, 1.82) is 0 Å². The number of benzene rings is 2. The van der Waals surface area contributed by atoms with E-state index in [1.807, 2.05) is 0 Å². The zero-order valence-corrected chi connectivity index (χ0v) is 11.4. The highest BCUT2D eigenvalue weighted by atomic mass is 35.5. The Bertz CT molecular complexity index is 692. The summed E-state index contributed by atoms with van der Waals surface area (Å²) in [6, 6.07) is 5.85. The molecule has 3 nitrogen and oxygen atoms in total. The van der Waals surface area contributed by atoms with Crippen molar-refractivity contribution in [2.24, 2.45) is 0 Å². The lowest BCUT2D eigenvalue weighted by atomic mass is 10.1. The molecule has 2 aromatic carbocycles. The Morgan fingerprint density at radius 1 is 1.10 bits per heavy atom. The molecule has 0 aromatic heterocycles. The fraction of sp³-hybridized carbons (Fsp3) is 0. The van der Waals surface area contributed by atoms with Gasteiger partial charge in [-0.1, -0.05) is 23.2 Å². The zero-order valence-electron chi connectivity index (χ0n) is 9.88. The Balaban J connectivity index is 2.31. The number of nitrogens with two attached hydrogens (primary N) is 1. The molecular formula is C13H8Cl2F2N2O. The Kier molecular flexibility index (Phi) is 4.11. The lowest BCUT2D eigenvalue weighted by Crippen LogP contribution is -2.15. The number of carbonyl (C=O) groups excluding carboxylic acids is 1. The van der Waals surface area contributed by atoms with Gasteiger partial charge in [0.05, 0.1) is 22.0 Å². The van der Waals surface area contributed by atoms with Crippen molar-refractivity contribution >= 4 is 40.5 Å². The van der Waals surface area contributed by atoms with Crippen LogP contribution in [0.4, 0.5) is 20.2 Å². The third-order valence-corrected chi connectivity index (χ3v) is 3.04. The number of halogens is 4. The van der Waals surface area contributed by atoms with Crippen molar-refractivity contribution < 1.29 is 13.6 Å².